The maximum atomic E-state index is 12.1. The first-order valence-corrected chi connectivity index (χ1v) is 7.74. The summed E-state index contributed by atoms with van der Waals surface area (Å²) < 4.78 is 5.50. The predicted molar refractivity (Wildman–Crippen MR) is 95.6 cm³/mol. The zero-order valence-electron chi connectivity index (χ0n) is 14.1. The van der Waals surface area contributed by atoms with Gasteiger partial charge in [0.05, 0.1) is 21.5 Å². The van der Waals surface area contributed by atoms with Gasteiger partial charge >= 0.3 is 5.69 Å². The molecule has 0 aliphatic rings. The summed E-state index contributed by atoms with van der Waals surface area (Å²) in [6.45, 7) is 3.03. The van der Waals surface area contributed by atoms with Gasteiger partial charge in [0.25, 0.3) is 11.6 Å². The highest BCUT2D eigenvalue weighted by Crippen LogP contribution is 2.30. The number of rotatable bonds is 5. The van der Waals surface area contributed by atoms with Crippen LogP contribution < -0.4 is 15.7 Å². The fourth-order valence-corrected chi connectivity index (χ4v) is 2.68. The van der Waals surface area contributed by atoms with Gasteiger partial charge in [-0.3, -0.25) is 14.9 Å². The molecule has 0 aliphatic heterocycles. The van der Waals surface area contributed by atoms with Crippen LogP contribution in [0.5, 0.6) is 5.75 Å². The minimum Gasteiger partial charge on any atom is -0.483 e. The molecule has 9 heteroatoms. The summed E-state index contributed by atoms with van der Waals surface area (Å²) in [5, 5.41) is 13.7. The largest absolute Gasteiger partial charge is 0.483 e. The molecule has 3 rings (SSSR count). The molecule has 1 aromatic heterocycles. The second-order valence-corrected chi connectivity index (χ2v) is 5.79. The normalized spacial score (nSPS) is 10.7. The van der Waals surface area contributed by atoms with Gasteiger partial charge < -0.3 is 20.0 Å². The van der Waals surface area contributed by atoms with Crippen LogP contribution >= 0.6 is 0 Å². The molecular formula is C17H16N4O5. The molecule has 3 N–H and O–H groups in total. The van der Waals surface area contributed by atoms with Crippen LogP contribution in [0.2, 0.25) is 0 Å². The van der Waals surface area contributed by atoms with Crippen LogP contribution in [0.1, 0.15) is 11.1 Å². The summed E-state index contributed by atoms with van der Waals surface area (Å²) in [4.78, 5) is 39.1. The lowest BCUT2D eigenvalue weighted by Gasteiger charge is -2.12. The number of imidazole rings is 1. The number of aromatic amines is 2. The first kappa shape index (κ1) is 17.2. The van der Waals surface area contributed by atoms with Crippen molar-refractivity contribution in [3.63, 3.8) is 0 Å². The molecule has 0 saturated carbocycles. The summed E-state index contributed by atoms with van der Waals surface area (Å²) in [6, 6.07) is 7.92. The molecule has 0 saturated heterocycles. The molecule has 0 unspecified atom stereocenters. The van der Waals surface area contributed by atoms with Crippen molar-refractivity contribution in [1.29, 1.82) is 0 Å². The van der Waals surface area contributed by atoms with Gasteiger partial charge in [-0.2, -0.15) is 0 Å². The highest BCUT2D eigenvalue weighted by atomic mass is 16.6. The van der Waals surface area contributed by atoms with Crippen LogP contribution in [0, 0.1) is 24.0 Å². The van der Waals surface area contributed by atoms with Crippen LogP contribution in [-0.2, 0) is 4.79 Å². The number of hydrogen-bond donors (Lipinski definition) is 3. The molecule has 0 atom stereocenters. The van der Waals surface area contributed by atoms with E-state index in [1.165, 1.54) is 6.07 Å². The molecule has 0 radical (unpaired) electrons. The van der Waals surface area contributed by atoms with Crippen LogP contribution in [0.3, 0.4) is 0 Å². The maximum Gasteiger partial charge on any atom is 0.323 e. The Bertz CT molecular complexity index is 1070. The van der Waals surface area contributed by atoms with E-state index in [9.17, 15) is 19.7 Å². The Morgan fingerprint density at radius 2 is 1.92 bits per heavy atom. The topological polar surface area (TPSA) is 130 Å². The van der Waals surface area contributed by atoms with Crippen molar-refractivity contribution in [1.82, 2.24) is 9.97 Å². The van der Waals surface area contributed by atoms with E-state index in [1.807, 2.05) is 0 Å². The lowest BCUT2D eigenvalue weighted by Crippen LogP contribution is -2.20. The molecule has 0 aliphatic carbocycles. The van der Waals surface area contributed by atoms with Gasteiger partial charge in [-0.05, 0) is 43.7 Å². The van der Waals surface area contributed by atoms with Crippen molar-refractivity contribution in [3.05, 3.63) is 62.1 Å². The average molecular weight is 356 g/mol. The van der Waals surface area contributed by atoms with E-state index in [1.54, 1.807) is 38.1 Å². The lowest BCUT2D eigenvalue weighted by atomic mass is 10.1. The summed E-state index contributed by atoms with van der Waals surface area (Å²) in [5.41, 5.74) is 2.37. The Morgan fingerprint density at radius 1 is 1.19 bits per heavy atom. The van der Waals surface area contributed by atoms with Crippen LogP contribution in [0.4, 0.5) is 11.4 Å². The lowest BCUT2D eigenvalue weighted by molar-refractivity contribution is -0.385. The number of benzene rings is 2. The van der Waals surface area contributed by atoms with Gasteiger partial charge in [-0.1, -0.05) is 0 Å². The second kappa shape index (κ2) is 6.71. The van der Waals surface area contributed by atoms with Gasteiger partial charge in [-0.15, -0.1) is 0 Å². The smallest absolute Gasteiger partial charge is 0.323 e. The number of fused-ring (bicyclic) bond motifs is 1. The number of carbonyl (C=O) groups is 1. The van der Waals surface area contributed by atoms with Crippen LogP contribution in [0.15, 0.2) is 35.1 Å². The van der Waals surface area contributed by atoms with Gasteiger partial charge in [0.15, 0.2) is 6.61 Å². The third-order valence-electron chi connectivity index (χ3n) is 3.92. The number of nitrogens with one attached hydrogen (secondary N) is 3. The third-order valence-corrected chi connectivity index (χ3v) is 3.92. The van der Waals surface area contributed by atoms with Crippen molar-refractivity contribution < 1.29 is 14.5 Å². The van der Waals surface area contributed by atoms with Gasteiger partial charge in [0.1, 0.15) is 5.75 Å². The summed E-state index contributed by atoms with van der Waals surface area (Å²) in [6.07, 6.45) is 0. The van der Waals surface area contributed by atoms with Crippen LogP contribution in [0.25, 0.3) is 11.0 Å². The highest BCUT2D eigenvalue weighted by molar-refractivity contribution is 5.94. The standard InChI is InChI=1S/C17H16N4O5/c1-9-3-6-14(21(24)25)10(2)16(9)26-8-15(22)18-11-4-5-12-13(7-11)20-17(23)19-12/h3-7H,8H2,1-2H3,(H,18,22)(H2,19,20,23). The minimum atomic E-state index is -0.491. The van der Waals surface area contributed by atoms with Crippen molar-refractivity contribution in [3.8, 4) is 5.75 Å². The third kappa shape index (κ3) is 3.41. The summed E-state index contributed by atoms with van der Waals surface area (Å²) in [7, 11) is 0. The number of carbonyl (C=O) groups excluding carboxylic acids is 1. The van der Waals surface area contributed by atoms with E-state index in [0.717, 1.165) is 0 Å². The van der Waals surface area contributed by atoms with E-state index in [-0.39, 0.29) is 18.0 Å². The quantitative estimate of drug-likeness (QED) is 0.477. The molecule has 0 fully saturated rings. The molecule has 3 aromatic rings. The molecule has 1 amide bonds. The van der Waals surface area contributed by atoms with Gasteiger partial charge in [0, 0.05) is 11.8 Å². The number of nitro benzene ring substituents is 1. The van der Waals surface area contributed by atoms with Gasteiger partial charge in [0.2, 0.25) is 0 Å². The molecule has 9 nitrogen and oxygen atoms in total. The second-order valence-electron chi connectivity index (χ2n) is 5.79. The molecule has 0 bridgehead atoms. The van der Waals surface area contributed by atoms with Gasteiger partial charge in [-0.25, -0.2) is 4.79 Å². The zero-order chi connectivity index (χ0) is 18.8. The van der Waals surface area contributed by atoms with E-state index >= 15 is 0 Å². The van der Waals surface area contributed by atoms with E-state index in [4.69, 9.17) is 4.74 Å². The number of hydrogen-bond acceptors (Lipinski definition) is 5. The predicted octanol–water partition coefficient (Wildman–Crippen LogP) is 2.40. The Hall–Kier alpha value is -3.62. The fraction of sp³-hybridized carbons (Fsp3) is 0.176. The Morgan fingerprint density at radius 3 is 2.65 bits per heavy atom. The molecule has 2 aromatic carbocycles. The molecule has 26 heavy (non-hydrogen) atoms. The highest BCUT2D eigenvalue weighted by Gasteiger charge is 2.17. The van der Waals surface area contributed by atoms with Crippen molar-refractivity contribution >= 4 is 28.3 Å². The minimum absolute atomic E-state index is 0.0622. The monoisotopic (exact) mass is 356 g/mol. The Balaban J connectivity index is 1.71. The number of H-pyrrole nitrogens is 2. The number of ether oxygens (including phenoxy) is 1. The van der Waals surface area contributed by atoms with E-state index in [0.29, 0.717) is 33.6 Å². The number of aryl methyl sites for hydroxylation is 1. The molecule has 134 valence electrons. The first-order valence-electron chi connectivity index (χ1n) is 7.74. The first-order chi connectivity index (χ1) is 12.3. The number of amides is 1. The molecular weight excluding hydrogens is 340 g/mol. The average Bonchev–Trinajstić information content (AvgIpc) is 2.93. The zero-order valence-corrected chi connectivity index (χ0v) is 14.1. The van der Waals surface area contributed by atoms with Crippen molar-refractivity contribution in [2.24, 2.45) is 0 Å². The van der Waals surface area contributed by atoms with Crippen LogP contribution in [-0.4, -0.2) is 27.4 Å². The molecule has 0 spiro atoms. The number of nitro groups is 1. The number of nitrogens with zero attached hydrogens (tertiary/aromatic N) is 1. The SMILES string of the molecule is Cc1ccc([N+](=O)[O-])c(C)c1OCC(=O)Nc1ccc2[nH]c(=O)[nH]c2c1. The van der Waals surface area contributed by atoms with E-state index in [2.05, 4.69) is 15.3 Å². The molecule has 1 heterocycles. The van der Waals surface area contributed by atoms with E-state index < -0.39 is 10.8 Å². The Labute approximate surface area is 147 Å². The number of aromatic nitrogens is 2. The fourth-order valence-electron chi connectivity index (χ4n) is 2.68. The summed E-state index contributed by atoms with van der Waals surface area (Å²) >= 11 is 0. The van der Waals surface area contributed by atoms with Crippen molar-refractivity contribution in [2.45, 2.75) is 13.8 Å². The summed E-state index contributed by atoms with van der Waals surface area (Å²) in [5.74, 6) is -0.104. The van der Waals surface area contributed by atoms with Crippen molar-refractivity contribution in [2.75, 3.05) is 11.9 Å². The Kier molecular flexibility index (Phi) is 4.44. The number of anilines is 1. The maximum absolute atomic E-state index is 12.1.